The summed E-state index contributed by atoms with van der Waals surface area (Å²) in [5, 5.41) is 2.66. The summed E-state index contributed by atoms with van der Waals surface area (Å²) in [4.78, 5) is 13.3. The van der Waals surface area contributed by atoms with Gasteiger partial charge in [-0.1, -0.05) is 41.6 Å². The van der Waals surface area contributed by atoms with Crippen LogP contribution in [-0.4, -0.2) is 5.91 Å². The molecule has 0 bridgehead atoms. The minimum Gasteiger partial charge on any atom is -0.322 e. The molecule has 2 aromatic carbocycles. The van der Waals surface area contributed by atoms with Crippen molar-refractivity contribution < 1.29 is 9.18 Å². The third kappa shape index (κ3) is 4.11. The van der Waals surface area contributed by atoms with Crippen molar-refractivity contribution in [2.24, 2.45) is 0 Å². The molecular formula is C15H11ClFNOS. The first-order valence-corrected chi connectivity index (χ1v) is 7.04. The van der Waals surface area contributed by atoms with Gasteiger partial charge in [0.1, 0.15) is 5.82 Å². The van der Waals surface area contributed by atoms with Gasteiger partial charge < -0.3 is 5.32 Å². The number of thioether (sulfide) groups is 1. The molecule has 0 fully saturated rings. The first-order chi connectivity index (χ1) is 9.69. The molecule has 20 heavy (non-hydrogen) atoms. The molecule has 2 rings (SSSR count). The highest BCUT2D eigenvalue weighted by molar-refractivity contribution is 8.04. The number of hydrogen-bond donors (Lipinski definition) is 1. The van der Waals surface area contributed by atoms with Gasteiger partial charge in [-0.25, -0.2) is 4.39 Å². The predicted molar refractivity (Wildman–Crippen MR) is 81.3 cm³/mol. The van der Waals surface area contributed by atoms with Crippen LogP contribution in [0.4, 0.5) is 10.1 Å². The molecule has 1 N–H and O–H groups in total. The molecule has 0 unspecified atom stereocenters. The SMILES string of the molecule is O=C(Nc1ccc(F)cc1)/C(=C/Cl)Sc1ccccc1. The van der Waals surface area contributed by atoms with E-state index in [0.717, 1.165) is 4.90 Å². The van der Waals surface area contributed by atoms with Crippen LogP contribution in [0.15, 0.2) is 69.9 Å². The lowest BCUT2D eigenvalue weighted by Crippen LogP contribution is -2.12. The quantitative estimate of drug-likeness (QED) is 0.659. The highest BCUT2D eigenvalue weighted by atomic mass is 35.5. The van der Waals surface area contributed by atoms with E-state index < -0.39 is 0 Å². The summed E-state index contributed by atoms with van der Waals surface area (Å²) < 4.78 is 12.8. The number of benzene rings is 2. The number of hydrogen-bond acceptors (Lipinski definition) is 2. The summed E-state index contributed by atoms with van der Waals surface area (Å²) in [5.74, 6) is -0.685. The number of anilines is 1. The molecule has 5 heteroatoms. The van der Waals surface area contributed by atoms with Gasteiger partial charge in [-0.2, -0.15) is 0 Å². The van der Waals surface area contributed by atoms with E-state index >= 15 is 0 Å². The van der Waals surface area contributed by atoms with E-state index in [1.54, 1.807) is 0 Å². The van der Waals surface area contributed by atoms with Gasteiger partial charge in [-0.3, -0.25) is 4.79 Å². The van der Waals surface area contributed by atoms with Crippen molar-refractivity contribution >= 4 is 35.0 Å². The standard InChI is InChI=1S/C15H11ClFNOS/c16-10-14(20-13-4-2-1-3-5-13)15(19)18-12-8-6-11(17)7-9-12/h1-10H,(H,18,19)/b14-10-. The summed E-state index contributed by atoms with van der Waals surface area (Å²) in [6.45, 7) is 0. The highest BCUT2D eigenvalue weighted by Crippen LogP contribution is 2.27. The van der Waals surface area contributed by atoms with Crippen molar-refractivity contribution in [2.45, 2.75) is 4.90 Å². The van der Waals surface area contributed by atoms with Crippen LogP contribution in [0, 0.1) is 5.82 Å². The van der Waals surface area contributed by atoms with Crippen LogP contribution in [0.5, 0.6) is 0 Å². The average Bonchev–Trinajstić information content (AvgIpc) is 2.48. The first-order valence-electron chi connectivity index (χ1n) is 5.79. The molecule has 0 saturated heterocycles. The van der Waals surface area contributed by atoms with Gasteiger partial charge in [-0.05, 0) is 36.4 Å². The molecule has 0 atom stereocenters. The Bertz CT molecular complexity index is 614. The Hall–Kier alpha value is -1.78. The maximum Gasteiger partial charge on any atom is 0.263 e. The molecule has 2 nitrogen and oxygen atoms in total. The number of carbonyl (C=O) groups is 1. The topological polar surface area (TPSA) is 29.1 Å². The number of amides is 1. The van der Waals surface area contributed by atoms with Crippen LogP contribution in [0.25, 0.3) is 0 Å². The second-order valence-corrected chi connectivity index (χ2v) is 5.18. The van der Waals surface area contributed by atoms with Crippen molar-refractivity contribution in [3.05, 3.63) is 70.9 Å². The van der Waals surface area contributed by atoms with E-state index in [9.17, 15) is 9.18 Å². The second-order valence-electron chi connectivity index (χ2n) is 3.85. The molecule has 2 aromatic rings. The number of nitrogens with one attached hydrogen (secondary N) is 1. The van der Waals surface area contributed by atoms with Crippen molar-refractivity contribution in [3.8, 4) is 0 Å². The van der Waals surface area contributed by atoms with Crippen LogP contribution in [0.2, 0.25) is 0 Å². The van der Waals surface area contributed by atoms with Crippen molar-refractivity contribution in [3.63, 3.8) is 0 Å². The number of carbonyl (C=O) groups excluding carboxylic acids is 1. The van der Waals surface area contributed by atoms with Crippen molar-refractivity contribution in [2.75, 3.05) is 5.32 Å². The summed E-state index contributed by atoms with van der Waals surface area (Å²) >= 11 is 6.96. The molecule has 0 heterocycles. The van der Waals surface area contributed by atoms with Crippen molar-refractivity contribution in [1.29, 1.82) is 0 Å². The van der Waals surface area contributed by atoms with Crippen LogP contribution >= 0.6 is 23.4 Å². The Labute approximate surface area is 125 Å². The average molecular weight is 308 g/mol. The normalized spacial score (nSPS) is 11.2. The molecular weight excluding hydrogens is 297 g/mol. The zero-order chi connectivity index (χ0) is 14.4. The van der Waals surface area contributed by atoms with Gasteiger partial charge in [-0.15, -0.1) is 0 Å². The van der Waals surface area contributed by atoms with E-state index in [4.69, 9.17) is 11.6 Å². The fourth-order valence-corrected chi connectivity index (χ4v) is 2.43. The van der Waals surface area contributed by atoms with E-state index in [-0.39, 0.29) is 11.7 Å². The van der Waals surface area contributed by atoms with Gasteiger partial charge in [0.2, 0.25) is 0 Å². The monoisotopic (exact) mass is 307 g/mol. The minimum atomic E-state index is -0.352. The Morgan fingerprint density at radius 3 is 2.35 bits per heavy atom. The number of halogens is 2. The lowest BCUT2D eigenvalue weighted by atomic mass is 10.3. The molecule has 0 spiro atoms. The smallest absolute Gasteiger partial charge is 0.263 e. The fourth-order valence-electron chi connectivity index (χ4n) is 1.46. The molecule has 0 aliphatic rings. The van der Waals surface area contributed by atoms with Gasteiger partial charge in [0.05, 0.1) is 4.91 Å². The molecule has 0 aliphatic heterocycles. The molecule has 0 radical (unpaired) electrons. The Kier molecular flexibility index (Phi) is 5.21. The summed E-state index contributed by atoms with van der Waals surface area (Å²) in [6, 6.07) is 15.0. The third-order valence-electron chi connectivity index (χ3n) is 2.40. The maximum absolute atomic E-state index is 12.8. The zero-order valence-electron chi connectivity index (χ0n) is 10.3. The van der Waals surface area contributed by atoms with E-state index in [2.05, 4.69) is 5.32 Å². The maximum atomic E-state index is 12.8. The lowest BCUT2D eigenvalue weighted by Gasteiger charge is -2.07. The van der Waals surface area contributed by atoms with Gasteiger partial charge >= 0.3 is 0 Å². The van der Waals surface area contributed by atoms with Crippen LogP contribution in [-0.2, 0) is 4.79 Å². The van der Waals surface area contributed by atoms with Crippen LogP contribution in [0.1, 0.15) is 0 Å². The lowest BCUT2D eigenvalue weighted by molar-refractivity contribution is -0.112. The highest BCUT2D eigenvalue weighted by Gasteiger charge is 2.11. The summed E-state index contributed by atoms with van der Waals surface area (Å²) in [6.07, 6.45) is 0. The largest absolute Gasteiger partial charge is 0.322 e. The van der Waals surface area contributed by atoms with Gasteiger partial charge in [0, 0.05) is 16.1 Å². The third-order valence-corrected chi connectivity index (χ3v) is 3.77. The minimum absolute atomic E-state index is 0.333. The summed E-state index contributed by atoms with van der Waals surface area (Å²) in [7, 11) is 0. The second kappa shape index (κ2) is 7.12. The molecule has 0 aliphatic carbocycles. The number of rotatable bonds is 4. The Morgan fingerprint density at radius 2 is 1.75 bits per heavy atom. The van der Waals surface area contributed by atoms with E-state index in [1.165, 1.54) is 41.6 Å². The Balaban J connectivity index is 2.05. The van der Waals surface area contributed by atoms with E-state index in [1.807, 2.05) is 30.3 Å². The first kappa shape index (κ1) is 14.6. The van der Waals surface area contributed by atoms with E-state index in [0.29, 0.717) is 10.6 Å². The molecule has 102 valence electrons. The zero-order valence-corrected chi connectivity index (χ0v) is 11.9. The Morgan fingerprint density at radius 1 is 1.10 bits per heavy atom. The fraction of sp³-hybridized carbons (Fsp3) is 0. The van der Waals surface area contributed by atoms with Crippen LogP contribution < -0.4 is 5.32 Å². The molecule has 0 saturated carbocycles. The van der Waals surface area contributed by atoms with Crippen molar-refractivity contribution in [1.82, 2.24) is 0 Å². The summed E-state index contributed by atoms with van der Waals surface area (Å²) in [5.41, 5.74) is 1.75. The van der Waals surface area contributed by atoms with Gasteiger partial charge in [0.15, 0.2) is 0 Å². The van der Waals surface area contributed by atoms with Crippen LogP contribution in [0.3, 0.4) is 0 Å². The molecule has 0 aromatic heterocycles. The predicted octanol–water partition coefficient (Wildman–Crippen LogP) is 4.64. The van der Waals surface area contributed by atoms with Gasteiger partial charge in [0.25, 0.3) is 5.91 Å². The molecule has 1 amide bonds.